The average Bonchev–Trinajstić information content (AvgIpc) is 2.57. The van der Waals surface area contributed by atoms with E-state index in [-0.39, 0.29) is 0 Å². The van der Waals surface area contributed by atoms with Crippen molar-refractivity contribution in [2.45, 2.75) is 6.42 Å². The van der Waals surface area contributed by atoms with Gasteiger partial charge in [0.25, 0.3) is 0 Å². The maximum Gasteiger partial charge on any atom is 0.0408 e. The Labute approximate surface area is 86.8 Å². The van der Waals surface area contributed by atoms with Gasteiger partial charge in [0.1, 0.15) is 0 Å². The van der Waals surface area contributed by atoms with E-state index in [1.54, 1.807) is 11.3 Å². The second-order valence-electron chi connectivity index (χ2n) is 2.94. The molecule has 0 atom stereocenters. The van der Waals surface area contributed by atoms with Gasteiger partial charge in [-0.2, -0.15) is 11.3 Å². The van der Waals surface area contributed by atoms with Crippen LogP contribution in [-0.4, -0.2) is 0 Å². The highest BCUT2D eigenvalue weighted by Crippen LogP contribution is 2.16. The number of halogens is 1. The molecule has 0 unspecified atom stereocenters. The van der Waals surface area contributed by atoms with Gasteiger partial charge in [0.05, 0.1) is 0 Å². The molecule has 0 aliphatic heterocycles. The summed E-state index contributed by atoms with van der Waals surface area (Å²) in [7, 11) is 0. The van der Waals surface area contributed by atoms with Crippen LogP contribution in [0.15, 0.2) is 41.1 Å². The first-order valence-corrected chi connectivity index (χ1v) is 5.42. The molecule has 0 saturated heterocycles. The SMILES string of the molecule is Clc1cccc(Cc2ccsc2)c1. The molecule has 0 aliphatic rings. The molecule has 0 spiro atoms. The maximum absolute atomic E-state index is 5.89. The first-order valence-electron chi connectivity index (χ1n) is 4.10. The van der Waals surface area contributed by atoms with Gasteiger partial charge in [0.2, 0.25) is 0 Å². The quantitative estimate of drug-likeness (QED) is 0.700. The van der Waals surface area contributed by atoms with Crippen molar-refractivity contribution >= 4 is 22.9 Å². The zero-order chi connectivity index (χ0) is 9.10. The van der Waals surface area contributed by atoms with Crippen LogP contribution in [0.5, 0.6) is 0 Å². The molecule has 0 nitrogen and oxygen atoms in total. The van der Waals surface area contributed by atoms with Gasteiger partial charge >= 0.3 is 0 Å². The monoisotopic (exact) mass is 208 g/mol. The van der Waals surface area contributed by atoms with E-state index < -0.39 is 0 Å². The molecule has 1 aromatic heterocycles. The molecule has 0 bridgehead atoms. The van der Waals surface area contributed by atoms with Gasteiger partial charge in [-0.1, -0.05) is 23.7 Å². The molecular formula is C11H9ClS. The van der Waals surface area contributed by atoms with Crippen LogP contribution in [0.1, 0.15) is 11.1 Å². The topological polar surface area (TPSA) is 0 Å². The third-order valence-electron chi connectivity index (χ3n) is 1.88. The first kappa shape index (κ1) is 8.79. The summed E-state index contributed by atoms with van der Waals surface area (Å²) in [6.07, 6.45) is 0.976. The zero-order valence-electron chi connectivity index (χ0n) is 7.03. The van der Waals surface area contributed by atoms with Crippen molar-refractivity contribution < 1.29 is 0 Å². The van der Waals surface area contributed by atoms with Crippen molar-refractivity contribution in [3.63, 3.8) is 0 Å². The molecule has 1 heterocycles. The van der Waals surface area contributed by atoms with E-state index >= 15 is 0 Å². The molecular weight excluding hydrogens is 200 g/mol. The highest BCUT2D eigenvalue weighted by Gasteiger charge is 1.96. The minimum Gasteiger partial charge on any atom is -0.152 e. The molecule has 0 amide bonds. The summed E-state index contributed by atoms with van der Waals surface area (Å²) in [5.41, 5.74) is 2.62. The largest absolute Gasteiger partial charge is 0.152 e. The third-order valence-corrected chi connectivity index (χ3v) is 2.84. The first-order chi connectivity index (χ1) is 6.34. The van der Waals surface area contributed by atoms with E-state index in [1.165, 1.54) is 11.1 Å². The molecule has 0 fully saturated rings. The maximum atomic E-state index is 5.89. The van der Waals surface area contributed by atoms with Crippen LogP contribution in [0.4, 0.5) is 0 Å². The summed E-state index contributed by atoms with van der Waals surface area (Å²) in [4.78, 5) is 0. The molecule has 0 saturated carbocycles. The van der Waals surface area contributed by atoms with Crippen LogP contribution in [-0.2, 0) is 6.42 Å². The lowest BCUT2D eigenvalue weighted by Gasteiger charge is -1.98. The van der Waals surface area contributed by atoms with Crippen LogP contribution >= 0.6 is 22.9 Å². The lowest BCUT2D eigenvalue weighted by Crippen LogP contribution is -1.84. The van der Waals surface area contributed by atoms with Crippen LogP contribution in [0, 0.1) is 0 Å². The van der Waals surface area contributed by atoms with Gasteiger partial charge < -0.3 is 0 Å². The van der Waals surface area contributed by atoms with Gasteiger partial charge in [-0.25, -0.2) is 0 Å². The van der Waals surface area contributed by atoms with Crippen molar-refractivity contribution in [1.82, 2.24) is 0 Å². The van der Waals surface area contributed by atoms with E-state index in [2.05, 4.69) is 22.9 Å². The van der Waals surface area contributed by atoms with Gasteiger partial charge in [0, 0.05) is 5.02 Å². The fourth-order valence-corrected chi connectivity index (χ4v) is 2.16. The lowest BCUT2D eigenvalue weighted by molar-refractivity contribution is 1.21. The lowest BCUT2D eigenvalue weighted by atomic mass is 10.1. The predicted molar refractivity (Wildman–Crippen MR) is 58.6 cm³/mol. The molecule has 2 rings (SSSR count). The Balaban J connectivity index is 2.19. The Bertz CT molecular complexity index is 379. The summed E-state index contributed by atoms with van der Waals surface area (Å²) in [5.74, 6) is 0. The van der Waals surface area contributed by atoms with E-state index in [4.69, 9.17) is 11.6 Å². The van der Waals surface area contributed by atoms with Gasteiger partial charge in [-0.15, -0.1) is 0 Å². The Hall–Kier alpha value is -0.790. The zero-order valence-corrected chi connectivity index (χ0v) is 8.61. The van der Waals surface area contributed by atoms with E-state index in [0.717, 1.165) is 11.4 Å². The highest BCUT2D eigenvalue weighted by atomic mass is 35.5. The standard InChI is InChI=1S/C11H9ClS/c12-11-3-1-2-9(7-11)6-10-4-5-13-8-10/h1-5,7-8H,6H2. The summed E-state index contributed by atoms with van der Waals surface area (Å²) in [5, 5.41) is 5.08. The van der Waals surface area contributed by atoms with Crippen molar-refractivity contribution in [3.8, 4) is 0 Å². The Morgan fingerprint density at radius 3 is 2.77 bits per heavy atom. The van der Waals surface area contributed by atoms with Crippen molar-refractivity contribution in [2.75, 3.05) is 0 Å². The fourth-order valence-electron chi connectivity index (χ4n) is 1.28. The van der Waals surface area contributed by atoms with Crippen molar-refractivity contribution in [3.05, 3.63) is 57.2 Å². The minimum atomic E-state index is 0.813. The Morgan fingerprint density at radius 1 is 1.15 bits per heavy atom. The van der Waals surface area contributed by atoms with Gasteiger partial charge in [0.15, 0.2) is 0 Å². The second-order valence-corrected chi connectivity index (χ2v) is 4.15. The van der Waals surface area contributed by atoms with E-state index in [0.29, 0.717) is 0 Å². The smallest absolute Gasteiger partial charge is 0.0408 e. The van der Waals surface area contributed by atoms with E-state index in [1.807, 2.05) is 18.2 Å². The average molecular weight is 209 g/mol. The predicted octanol–water partition coefficient (Wildman–Crippen LogP) is 3.99. The summed E-state index contributed by atoms with van der Waals surface area (Å²) >= 11 is 7.62. The Kier molecular flexibility index (Phi) is 2.67. The Morgan fingerprint density at radius 2 is 2.08 bits per heavy atom. The number of rotatable bonds is 2. The summed E-state index contributed by atoms with van der Waals surface area (Å²) in [6, 6.07) is 10.1. The summed E-state index contributed by atoms with van der Waals surface area (Å²) < 4.78 is 0. The van der Waals surface area contributed by atoms with Crippen LogP contribution in [0.2, 0.25) is 5.02 Å². The molecule has 0 radical (unpaired) electrons. The van der Waals surface area contributed by atoms with Crippen LogP contribution in [0.3, 0.4) is 0 Å². The fraction of sp³-hybridized carbons (Fsp3) is 0.0909. The number of thiophene rings is 1. The molecule has 66 valence electrons. The third kappa shape index (κ3) is 2.33. The molecule has 13 heavy (non-hydrogen) atoms. The number of hydrogen-bond acceptors (Lipinski definition) is 1. The molecule has 2 heteroatoms. The molecule has 0 N–H and O–H groups in total. The van der Waals surface area contributed by atoms with Crippen molar-refractivity contribution in [1.29, 1.82) is 0 Å². The highest BCUT2D eigenvalue weighted by molar-refractivity contribution is 7.07. The normalized spacial score (nSPS) is 10.2. The van der Waals surface area contributed by atoms with E-state index in [9.17, 15) is 0 Å². The van der Waals surface area contributed by atoms with Crippen LogP contribution in [0.25, 0.3) is 0 Å². The van der Waals surface area contributed by atoms with Gasteiger partial charge in [-0.05, 0) is 46.5 Å². The number of benzene rings is 1. The minimum absolute atomic E-state index is 0.813. The molecule has 2 aromatic rings. The second kappa shape index (κ2) is 3.95. The summed E-state index contributed by atoms with van der Waals surface area (Å²) in [6.45, 7) is 0. The van der Waals surface area contributed by atoms with Crippen molar-refractivity contribution in [2.24, 2.45) is 0 Å². The molecule has 0 aliphatic carbocycles. The van der Waals surface area contributed by atoms with Crippen LogP contribution < -0.4 is 0 Å². The molecule has 1 aromatic carbocycles. The number of hydrogen-bond donors (Lipinski definition) is 0. The van der Waals surface area contributed by atoms with Gasteiger partial charge in [-0.3, -0.25) is 0 Å².